The van der Waals surface area contributed by atoms with Crippen molar-refractivity contribution in [1.82, 2.24) is 4.98 Å². The van der Waals surface area contributed by atoms with E-state index < -0.39 is 5.91 Å². The summed E-state index contributed by atoms with van der Waals surface area (Å²) in [5, 5.41) is 0.623. The number of nitrogens with two attached hydrogens (primary N) is 1. The summed E-state index contributed by atoms with van der Waals surface area (Å²) >= 11 is 5.91. The molecule has 1 heterocycles. The van der Waals surface area contributed by atoms with Crippen molar-refractivity contribution in [1.29, 1.82) is 0 Å². The smallest absolute Gasteiger partial charge is 0.254 e. The van der Waals surface area contributed by atoms with Crippen LogP contribution < -0.4 is 10.5 Å². The van der Waals surface area contributed by atoms with E-state index in [0.29, 0.717) is 16.3 Å². The van der Waals surface area contributed by atoms with Crippen LogP contribution in [0.15, 0.2) is 24.3 Å². The van der Waals surface area contributed by atoms with Crippen molar-refractivity contribution in [3.8, 4) is 11.6 Å². The molecule has 0 saturated heterocycles. The number of hydrogen-bond acceptors (Lipinski definition) is 3. The van der Waals surface area contributed by atoms with Crippen LogP contribution in [0.5, 0.6) is 11.6 Å². The van der Waals surface area contributed by atoms with Crippen molar-refractivity contribution in [2.45, 2.75) is 20.8 Å². The molecule has 4 nitrogen and oxygen atoms in total. The SMILES string of the molecule is Cc1cc(C)c(C(N)=O)c(Oc2ccc(Cl)cc2C)n1. The van der Waals surface area contributed by atoms with E-state index in [1.165, 1.54) is 0 Å². The summed E-state index contributed by atoms with van der Waals surface area (Å²) in [6.07, 6.45) is 0. The van der Waals surface area contributed by atoms with Crippen LogP contribution in [0.25, 0.3) is 0 Å². The molecule has 104 valence electrons. The summed E-state index contributed by atoms with van der Waals surface area (Å²) in [5.41, 5.74) is 8.05. The quantitative estimate of drug-likeness (QED) is 0.940. The number of primary amides is 1. The number of carbonyl (C=O) groups is 1. The molecule has 0 unspecified atom stereocenters. The van der Waals surface area contributed by atoms with E-state index in [-0.39, 0.29) is 5.88 Å². The minimum Gasteiger partial charge on any atom is -0.438 e. The molecule has 2 rings (SSSR count). The van der Waals surface area contributed by atoms with Crippen molar-refractivity contribution in [2.24, 2.45) is 5.73 Å². The molecule has 1 aromatic carbocycles. The zero-order valence-corrected chi connectivity index (χ0v) is 12.3. The highest BCUT2D eigenvalue weighted by Gasteiger charge is 2.16. The van der Waals surface area contributed by atoms with Gasteiger partial charge in [-0.25, -0.2) is 4.98 Å². The van der Waals surface area contributed by atoms with Crippen molar-refractivity contribution >= 4 is 17.5 Å². The minimum absolute atomic E-state index is 0.223. The van der Waals surface area contributed by atoms with Gasteiger partial charge in [0, 0.05) is 10.7 Å². The normalized spacial score (nSPS) is 10.4. The first-order valence-electron chi connectivity index (χ1n) is 6.10. The van der Waals surface area contributed by atoms with Crippen LogP contribution in [-0.4, -0.2) is 10.9 Å². The van der Waals surface area contributed by atoms with Gasteiger partial charge < -0.3 is 10.5 Å². The van der Waals surface area contributed by atoms with E-state index in [1.54, 1.807) is 31.2 Å². The molecule has 0 radical (unpaired) electrons. The second kappa shape index (κ2) is 5.51. The maximum absolute atomic E-state index is 11.6. The van der Waals surface area contributed by atoms with Gasteiger partial charge in [-0.3, -0.25) is 4.79 Å². The zero-order valence-electron chi connectivity index (χ0n) is 11.5. The van der Waals surface area contributed by atoms with Crippen LogP contribution in [0, 0.1) is 20.8 Å². The Labute approximate surface area is 122 Å². The summed E-state index contributed by atoms with van der Waals surface area (Å²) in [4.78, 5) is 15.8. The van der Waals surface area contributed by atoms with Crippen molar-refractivity contribution in [3.05, 3.63) is 51.7 Å². The monoisotopic (exact) mass is 290 g/mol. The molecule has 2 aromatic rings. The fourth-order valence-electron chi connectivity index (χ4n) is 2.01. The Morgan fingerprint density at radius 1 is 1.20 bits per heavy atom. The largest absolute Gasteiger partial charge is 0.438 e. The molecule has 0 bridgehead atoms. The van der Waals surface area contributed by atoms with E-state index in [2.05, 4.69) is 4.98 Å². The molecule has 5 heteroatoms. The second-order valence-electron chi connectivity index (χ2n) is 4.64. The molecular weight excluding hydrogens is 276 g/mol. The molecule has 0 atom stereocenters. The number of halogens is 1. The maximum Gasteiger partial charge on any atom is 0.254 e. The average Bonchev–Trinajstić information content (AvgIpc) is 2.31. The molecule has 0 aliphatic rings. The standard InChI is InChI=1S/C15H15ClN2O2/c1-8-7-11(16)4-5-12(8)20-15-13(14(17)19)9(2)6-10(3)18-15/h4-7H,1-3H3,(H2,17,19). The molecule has 1 aromatic heterocycles. The van der Waals surface area contributed by atoms with Crippen molar-refractivity contribution in [2.75, 3.05) is 0 Å². The van der Waals surface area contributed by atoms with E-state index in [9.17, 15) is 4.79 Å². The first kappa shape index (κ1) is 14.3. The number of ether oxygens (including phenoxy) is 1. The molecule has 0 aliphatic heterocycles. The number of rotatable bonds is 3. The highest BCUT2D eigenvalue weighted by atomic mass is 35.5. The molecule has 20 heavy (non-hydrogen) atoms. The molecule has 2 N–H and O–H groups in total. The van der Waals surface area contributed by atoms with E-state index in [1.807, 2.05) is 13.8 Å². The van der Waals surface area contributed by atoms with Gasteiger partial charge in [0.15, 0.2) is 0 Å². The highest BCUT2D eigenvalue weighted by molar-refractivity contribution is 6.30. The van der Waals surface area contributed by atoms with Gasteiger partial charge in [0.25, 0.3) is 5.91 Å². The van der Waals surface area contributed by atoms with E-state index >= 15 is 0 Å². The molecule has 0 spiro atoms. The van der Waals surface area contributed by atoms with Crippen LogP contribution in [-0.2, 0) is 0 Å². The number of amides is 1. The van der Waals surface area contributed by atoms with Crippen LogP contribution in [0.3, 0.4) is 0 Å². The predicted molar refractivity (Wildman–Crippen MR) is 78.5 cm³/mol. The van der Waals surface area contributed by atoms with Crippen LogP contribution in [0.1, 0.15) is 27.2 Å². The molecular formula is C15H15ClN2O2. The molecule has 1 amide bonds. The number of pyridine rings is 1. The van der Waals surface area contributed by atoms with Gasteiger partial charge in [0.1, 0.15) is 11.3 Å². The fraction of sp³-hybridized carbons (Fsp3) is 0.200. The first-order valence-corrected chi connectivity index (χ1v) is 6.48. The van der Waals surface area contributed by atoms with E-state index in [0.717, 1.165) is 16.8 Å². The predicted octanol–water partition coefficient (Wildman–Crippen LogP) is 3.55. The Kier molecular flexibility index (Phi) is 3.95. The van der Waals surface area contributed by atoms with Crippen LogP contribution in [0.2, 0.25) is 5.02 Å². The Morgan fingerprint density at radius 2 is 1.90 bits per heavy atom. The summed E-state index contributed by atoms with van der Waals surface area (Å²) < 4.78 is 5.75. The third-order valence-corrected chi connectivity index (χ3v) is 3.14. The van der Waals surface area contributed by atoms with Crippen LogP contribution >= 0.6 is 11.6 Å². The first-order chi connectivity index (χ1) is 9.38. The van der Waals surface area contributed by atoms with E-state index in [4.69, 9.17) is 22.1 Å². The Morgan fingerprint density at radius 3 is 2.50 bits per heavy atom. The molecule has 0 fully saturated rings. The molecule has 0 aliphatic carbocycles. The number of benzene rings is 1. The summed E-state index contributed by atoms with van der Waals surface area (Å²) in [5.74, 6) is 0.256. The van der Waals surface area contributed by atoms with Crippen molar-refractivity contribution in [3.63, 3.8) is 0 Å². The third kappa shape index (κ3) is 2.91. The number of aromatic nitrogens is 1. The minimum atomic E-state index is -0.559. The summed E-state index contributed by atoms with van der Waals surface area (Å²) in [6.45, 7) is 5.50. The second-order valence-corrected chi connectivity index (χ2v) is 5.07. The Bertz CT molecular complexity index is 684. The lowest BCUT2D eigenvalue weighted by Gasteiger charge is -2.13. The van der Waals surface area contributed by atoms with Gasteiger partial charge in [-0.15, -0.1) is 0 Å². The van der Waals surface area contributed by atoms with Gasteiger partial charge in [0.2, 0.25) is 5.88 Å². The topological polar surface area (TPSA) is 65.2 Å². The zero-order chi connectivity index (χ0) is 14.9. The Hall–Kier alpha value is -2.07. The summed E-state index contributed by atoms with van der Waals surface area (Å²) in [7, 11) is 0. The van der Waals surface area contributed by atoms with Gasteiger partial charge in [-0.1, -0.05) is 11.6 Å². The lowest BCUT2D eigenvalue weighted by molar-refractivity contribution is 0.0997. The summed E-state index contributed by atoms with van der Waals surface area (Å²) in [6, 6.07) is 7.03. The number of hydrogen-bond donors (Lipinski definition) is 1. The average molecular weight is 291 g/mol. The van der Waals surface area contributed by atoms with Gasteiger partial charge in [-0.05, 0) is 56.2 Å². The lowest BCUT2D eigenvalue weighted by atomic mass is 10.1. The van der Waals surface area contributed by atoms with Crippen LogP contribution in [0.4, 0.5) is 0 Å². The van der Waals surface area contributed by atoms with Gasteiger partial charge in [-0.2, -0.15) is 0 Å². The molecule has 0 saturated carbocycles. The van der Waals surface area contributed by atoms with Gasteiger partial charge >= 0.3 is 0 Å². The number of nitrogens with zero attached hydrogens (tertiary/aromatic N) is 1. The maximum atomic E-state index is 11.6. The lowest BCUT2D eigenvalue weighted by Crippen LogP contribution is -2.15. The Balaban J connectivity index is 2.50. The fourth-order valence-corrected chi connectivity index (χ4v) is 2.23. The number of aryl methyl sites for hydroxylation is 3. The van der Waals surface area contributed by atoms with Crippen molar-refractivity contribution < 1.29 is 9.53 Å². The van der Waals surface area contributed by atoms with Gasteiger partial charge in [0.05, 0.1) is 0 Å². The third-order valence-electron chi connectivity index (χ3n) is 2.90. The highest BCUT2D eigenvalue weighted by Crippen LogP contribution is 2.29. The number of carbonyl (C=O) groups excluding carboxylic acids is 1.